The summed E-state index contributed by atoms with van der Waals surface area (Å²) in [5.74, 6) is -1.01. The summed E-state index contributed by atoms with van der Waals surface area (Å²) in [7, 11) is 0. The van der Waals surface area contributed by atoms with Crippen LogP contribution in [0.2, 0.25) is 0 Å². The number of carbonyl (C=O) groups excluding carboxylic acids is 2. The van der Waals surface area contributed by atoms with E-state index in [-0.39, 0.29) is 18.3 Å². The first-order valence-corrected chi connectivity index (χ1v) is 12.3. The number of benzene rings is 3. The normalized spacial score (nSPS) is 13.7. The van der Waals surface area contributed by atoms with E-state index in [1.54, 1.807) is 40.5 Å². The van der Waals surface area contributed by atoms with E-state index in [2.05, 4.69) is 9.88 Å². The maximum absolute atomic E-state index is 13.2. The summed E-state index contributed by atoms with van der Waals surface area (Å²) in [5, 5.41) is 0.918. The van der Waals surface area contributed by atoms with Crippen LogP contribution in [0.5, 0.6) is 0 Å². The smallest absolute Gasteiger partial charge is 0.338 e. The van der Waals surface area contributed by atoms with Crippen molar-refractivity contribution in [2.75, 3.05) is 37.7 Å². The number of esters is 1. The van der Waals surface area contributed by atoms with Crippen LogP contribution in [0.1, 0.15) is 20.9 Å². The maximum atomic E-state index is 13.2. The van der Waals surface area contributed by atoms with Crippen molar-refractivity contribution in [1.29, 1.82) is 0 Å². The lowest BCUT2D eigenvalue weighted by atomic mass is 10.1. The Balaban J connectivity index is 1.17. The second-order valence-corrected chi connectivity index (χ2v) is 9.44. The number of halogens is 1. The predicted octanol–water partition coefficient (Wildman–Crippen LogP) is 4.53. The van der Waals surface area contributed by atoms with Crippen LogP contribution in [-0.2, 0) is 16.0 Å². The molecule has 1 saturated heterocycles. The molecule has 5 rings (SSSR count). The van der Waals surface area contributed by atoms with Crippen molar-refractivity contribution in [2.24, 2.45) is 0 Å². The molecule has 178 valence electrons. The van der Waals surface area contributed by atoms with Gasteiger partial charge in [0.15, 0.2) is 6.61 Å². The number of amides is 1. The maximum Gasteiger partial charge on any atom is 0.338 e. The molecule has 1 amide bonds. The van der Waals surface area contributed by atoms with Crippen molar-refractivity contribution < 1.29 is 18.7 Å². The summed E-state index contributed by atoms with van der Waals surface area (Å²) in [6, 6.07) is 21.5. The van der Waals surface area contributed by atoms with Gasteiger partial charge in [0.1, 0.15) is 5.82 Å². The van der Waals surface area contributed by atoms with Crippen molar-refractivity contribution in [3.8, 4) is 0 Å². The van der Waals surface area contributed by atoms with Gasteiger partial charge in [-0.05, 0) is 48.0 Å². The molecular weight excluding hydrogens is 465 g/mol. The summed E-state index contributed by atoms with van der Waals surface area (Å²) in [6.07, 6.45) is 0.518. The zero-order valence-electron chi connectivity index (χ0n) is 19.0. The summed E-state index contributed by atoms with van der Waals surface area (Å²) in [4.78, 5) is 34.0. The Hall–Kier alpha value is -3.78. The van der Waals surface area contributed by atoms with E-state index in [0.717, 1.165) is 26.5 Å². The Morgan fingerprint density at radius 2 is 1.63 bits per heavy atom. The van der Waals surface area contributed by atoms with Gasteiger partial charge in [-0.3, -0.25) is 4.79 Å². The molecule has 0 aliphatic carbocycles. The Labute approximate surface area is 206 Å². The van der Waals surface area contributed by atoms with Gasteiger partial charge >= 0.3 is 5.97 Å². The number of fused-ring (bicyclic) bond motifs is 1. The van der Waals surface area contributed by atoms with E-state index in [1.165, 1.54) is 12.1 Å². The molecule has 1 aromatic heterocycles. The molecule has 0 spiro atoms. The topological polar surface area (TPSA) is 62.7 Å². The standard InChI is InChI=1S/C27H24FN3O3S/c28-20-9-11-21(12-10-20)30-13-15-31(16-14-30)26(32)18-34-27(33)22-6-2-1-5-19(22)17-25-29-23-7-3-4-8-24(23)35-25/h1-12H,13-18H2. The molecule has 1 fully saturated rings. The minimum atomic E-state index is -0.514. The molecule has 0 radical (unpaired) electrons. The van der Waals surface area contributed by atoms with Crippen LogP contribution in [0, 0.1) is 5.82 Å². The molecule has 1 aliphatic heterocycles. The lowest BCUT2D eigenvalue weighted by Gasteiger charge is -2.36. The van der Waals surface area contributed by atoms with Crippen LogP contribution in [0.25, 0.3) is 10.2 Å². The van der Waals surface area contributed by atoms with E-state index >= 15 is 0 Å². The molecule has 4 aromatic rings. The second-order valence-electron chi connectivity index (χ2n) is 8.33. The number of hydrogen-bond donors (Lipinski definition) is 0. The molecule has 0 bridgehead atoms. The van der Waals surface area contributed by atoms with Crippen molar-refractivity contribution in [2.45, 2.75) is 6.42 Å². The summed E-state index contributed by atoms with van der Waals surface area (Å²) in [5.41, 5.74) is 3.13. The third-order valence-electron chi connectivity index (χ3n) is 6.07. The monoisotopic (exact) mass is 489 g/mol. The van der Waals surface area contributed by atoms with Gasteiger partial charge in [0.25, 0.3) is 5.91 Å². The third-order valence-corrected chi connectivity index (χ3v) is 7.10. The van der Waals surface area contributed by atoms with Gasteiger partial charge in [0, 0.05) is 38.3 Å². The molecular formula is C27H24FN3O3S. The second kappa shape index (κ2) is 10.2. The number of carbonyl (C=O) groups is 2. The quantitative estimate of drug-likeness (QED) is 0.373. The highest BCUT2D eigenvalue weighted by Crippen LogP contribution is 2.25. The molecule has 0 atom stereocenters. The van der Waals surface area contributed by atoms with Crippen molar-refractivity contribution >= 4 is 39.1 Å². The number of rotatable bonds is 6. The zero-order valence-corrected chi connectivity index (χ0v) is 19.8. The summed E-state index contributed by atoms with van der Waals surface area (Å²) >= 11 is 1.60. The molecule has 1 aliphatic rings. The fraction of sp³-hybridized carbons (Fsp3) is 0.222. The van der Waals surface area contributed by atoms with Crippen LogP contribution in [0.3, 0.4) is 0 Å². The van der Waals surface area contributed by atoms with E-state index < -0.39 is 5.97 Å². The van der Waals surface area contributed by atoms with Gasteiger partial charge in [-0.1, -0.05) is 30.3 Å². The number of piperazine rings is 1. The Kier molecular flexibility index (Phi) is 6.72. The number of thiazole rings is 1. The van der Waals surface area contributed by atoms with Gasteiger partial charge in [0.05, 0.1) is 20.8 Å². The molecule has 6 nitrogen and oxygen atoms in total. The minimum Gasteiger partial charge on any atom is -0.452 e. The van der Waals surface area contributed by atoms with Crippen LogP contribution < -0.4 is 4.90 Å². The molecule has 3 aromatic carbocycles. The first kappa shape index (κ1) is 23.0. The van der Waals surface area contributed by atoms with E-state index in [0.29, 0.717) is 38.2 Å². The van der Waals surface area contributed by atoms with Crippen LogP contribution in [-0.4, -0.2) is 54.5 Å². The average molecular weight is 490 g/mol. The highest BCUT2D eigenvalue weighted by atomic mass is 32.1. The average Bonchev–Trinajstić information content (AvgIpc) is 3.30. The van der Waals surface area contributed by atoms with Crippen molar-refractivity contribution in [3.63, 3.8) is 0 Å². The van der Waals surface area contributed by atoms with E-state index in [1.807, 2.05) is 36.4 Å². The van der Waals surface area contributed by atoms with Crippen LogP contribution >= 0.6 is 11.3 Å². The molecule has 35 heavy (non-hydrogen) atoms. The molecule has 0 unspecified atom stereocenters. The van der Waals surface area contributed by atoms with E-state index in [4.69, 9.17) is 4.74 Å². The first-order chi connectivity index (χ1) is 17.1. The van der Waals surface area contributed by atoms with Gasteiger partial charge < -0.3 is 14.5 Å². The minimum absolute atomic E-state index is 0.222. The van der Waals surface area contributed by atoms with E-state index in [9.17, 15) is 14.0 Å². The fourth-order valence-electron chi connectivity index (χ4n) is 4.19. The third kappa shape index (κ3) is 5.33. The van der Waals surface area contributed by atoms with Crippen molar-refractivity contribution in [3.05, 3.63) is 94.7 Å². The first-order valence-electron chi connectivity index (χ1n) is 11.4. The number of anilines is 1. The van der Waals surface area contributed by atoms with Crippen molar-refractivity contribution in [1.82, 2.24) is 9.88 Å². The zero-order chi connectivity index (χ0) is 24.2. The van der Waals surface area contributed by atoms with Gasteiger partial charge in [0.2, 0.25) is 0 Å². The number of para-hydroxylation sites is 1. The van der Waals surface area contributed by atoms with Gasteiger partial charge in [-0.25, -0.2) is 14.2 Å². The molecule has 0 N–H and O–H groups in total. The molecule has 8 heteroatoms. The lowest BCUT2D eigenvalue weighted by molar-refractivity contribution is -0.134. The lowest BCUT2D eigenvalue weighted by Crippen LogP contribution is -2.49. The Morgan fingerprint density at radius 1 is 0.914 bits per heavy atom. The SMILES string of the molecule is O=C(OCC(=O)N1CCN(c2ccc(F)cc2)CC1)c1ccccc1Cc1nc2ccccc2s1. The number of aromatic nitrogens is 1. The highest BCUT2D eigenvalue weighted by Gasteiger charge is 2.23. The fourth-order valence-corrected chi connectivity index (χ4v) is 5.18. The van der Waals surface area contributed by atoms with Gasteiger partial charge in [-0.15, -0.1) is 11.3 Å². The molecule has 0 saturated carbocycles. The summed E-state index contributed by atoms with van der Waals surface area (Å²) < 4.78 is 19.7. The summed E-state index contributed by atoms with van der Waals surface area (Å²) in [6.45, 7) is 2.00. The molecule has 2 heterocycles. The number of hydrogen-bond acceptors (Lipinski definition) is 6. The van der Waals surface area contributed by atoms with Crippen LogP contribution in [0.4, 0.5) is 10.1 Å². The Bertz CT molecular complexity index is 1310. The largest absolute Gasteiger partial charge is 0.452 e. The predicted molar refractivity (Wildman–Crippen MR) is 134 cm³/mol. The number of ether oxygens (including phenoxy) is 1. The Morgan fingerprint density at radius 3 is 2.40 bits per heavy atom. The van der Waals surface area contributed by atoms with Gasteiger partial charge in [-0.2, -0.15) is 0 Å². The number of nitrogens with zero attached hydrogens (tertiary/aromatic N) is 3. The van der Waals surface area contributed by atoms with Crippen LogP contribution in [0.15, 0.2) is 72.8 Å². The highest BCUT2D eigenvalue weighted by molar-refractivity contribution is 7.18.